The van der Waals surface area contributed by atoms with Crippen molar-refractivity contribution in [3.63, 3.8) is 0 Å². The molecule has 1 aromatic rings. The smallest absolute Gasteiger partial charge is 0.255 e. The maximum absolute atomic E-state index is 12.3. The molecule has 0 aromatic heterocycles. The Labute approximate surface area is 135 Å². The fraction of sp³-hybridized carbons (Fsp3) is 0.500. The molecule has 1 fully saturated rings. The van der Waals surface area contributed by atoms with Gasteiger partial charge in [0.2, 0.25) is 0 Å². The zero-order chi connectivity index (χ0) is 16.8. The Bertz CT molecular complexity index is 570. The van der Waals surface area contributed by atoms with E-state index in [9.17, 15) is 9.59 Å². The molecular weight excluding hydrogens is 300 g/mol. The van der Waals surface area contributed by atoms with E-state index in [1.807, 2.05) is 6.92 Å². The number of nitrogens with two attached hydrogens (primary N) is 1. The Morgan fingerprint density at radius 1 is 1.43 bits per heavy atom. The maximum Gasteiger partial charge on any atom is 0.255 e. The molecule has 3 N–H and O–H groups in total. The van der Waals surface area contributed by atoms with Gasteiger partial charge in [0.15, 0.2) is 18.1 Å². The molecule has 126 valence electrons. The number of primary amides is 1. The van der Waals surface area contributed by atoms with Gasteiger partial charge in [0.05, 0.1) is 19.3 Å². The molecule has 0 saturated carbocycles. The van der Waals surface area contributed by atoms with Crippen molar-refractivity contribution < 1.29 is 23.8 Å². The van der Waals surface area contributed by atoms with Crippen LogP contribution in [0.2, 0.25) is 0 Å². The maximum atomic E-state index is 12.3. The van der Waals surface area contributed by atoms with Gasteiger partial charge >= 0.3 is 0 Å². The van der Waals surface area contributed by atoms with E-state index in [0.717, 1.165) is 19.4 Å². The minimum atomic E-state index is -0.584. The lowest BCUT2D eigenvalue weighted by Gasteiger charge is -2.20. The van der Waals surface area contributed by atoms with Crippen molar-refractivity contribution in [1.82, 2.24) is 5.32 Å². The molecule has 1 saturated heterocycles. The van der Waals surface area contributed by atoms with Gasteiger partial charge < -0.3 is 25.3 Å². The minimum absolute atomic E-state index is 0.0546. The van der Waals surface area contributed by atoms with Crippen LogP contribution in [0, 0.1) is 0 Å². The first kappa shape index (κ1) is 17.1. The number of hydrogen-bond acceptors (Lipinski definition) is 5. The number of ether oxygens (including phenoxy) is 3. The Morgan fingerprint density at radius 3 is 2.83 bits per heavy atom. The van der Waals surface area contributed by atoms with Gasteiger partial charge in [-0.25, -0.2) is 0 Å². The van der Waals surface area contributed by atoms with Crippen LogP contribution < -0.4 is 20.5 Å². The van der Waals surface area contributed by atoms with Crippen LogP contribution >= 0.6 is 0 Å². The van der Waals surface area contributed by atoms with Gasteiger partial charge in [-0.1, -0.05) is 0 Å². The van der Waals surface area contributed by atoms with Gasteiger partial charge in [0, 0.05) is 12.2 Å². The standard InChI is InChI=1S/C16H22N2O5/c1-10(12-4-3-7-22-12)18-16(20)11-5-6-13(14(8-11)21-2)23-9-15(17)19/h5-6,8,10,12H,3-4,7,9H2,1-2H3,(H2,17,19)(H,18,20)/t10-,12+/m1/s1. The topological polar surface area (TPSA) is 99.9 Å². The molecule has 1 aliphatic rings. The van der Waals surface area contributed by atoms with Crippen LogP contribution in [0.5, 0.6) is 11.5 Å². The SMILES string of the molecule is COc1cc(C(=O)N[C@H](C)[C@@H]2CCCO2)ccc1OCC(N)=O. The second-order valence-corrected chi connectivity index (χ2v) is 5.43. The Morgan fingerprint density at radius 2 is 2.22 bits per heavy atom. The third-order valence-electron chi connectivity index (χ3n) is 3.68. The number of carbonyl (C=O) groups excluding carboxylic acids is 2. The highest BCUT2D eigenvalue weighted by Gasteiger charge is 2.24. The van der Waals surface area contributed by atoms with Crippen LogP contribution in [0.4, 0.5) is 0 Å². The molecule has 0 unspecified atom stereocenters. The van der Waals surface area contributed by atoms with Crippen LogP contribution in [0.15, 0.2) is 18.2 Å². The van der Waals surface area contributed by atoms with Crippen molar-refractivity contribution in [2.45, 2.75) is 31.9 Å². The molecule has 0 bridgehead atoms. The lowest BCUT2D eigenvalue weighted by atomic mass is 10.1. The lowest BCUT2D eigenvalue weighted by Crippen LogP contribution is -2.40. The highest BCUT2D eigenvalue weighted by Crippen LogP contribution is 2.28. The van der Waals surface area contributed by atoms with E-state index in [4.69, 9.17) is 19.9 Å². The van der Waals surface area contributed by atoms with Crippen molar-refractivity contribution in [1.29, 1.82) is 0 Å². The van der Waals surface area contributed by atoms with Crippen molar-refractivity contribution in [3.8, 4) is 11.5 Å². The Hall–Kier alpha value is -2.28. The molecule has 2 rings (SSSR count). The quantitative estimate of drug-likeness (QED) is 0.775. The second kappa shape index (κ2) is 7.82. The van der Waals surface area contributed by atoms with Crippen LogP contribution in [0.25, 0.3) is 0 Å². The Kier molecular flexibility index (Phi) is 5.81. The largest absolute Gasteiger partial charge is 0.493 e. The molecule has 1 aromatic carbocycles. The average Bonchev–Trinajstić information content (AvgIpc) is 3.07. The summed E-state index contributed by atoms with van der Waals surface area (Å²) in [5, 5.41) is 2.92. The third kappa shape index (κ3) is 4.59. The van der Waals surface area contributed by atoms with Gasteiger partial charge in [-0.05, 0) is 38.0 Å². The fourth-order valence-electron chi connectivity index (χ4n) is 2.46. The molecule has 1 heterocycles. The number of amides is 2. The summed E-state index contributed by atoms with van der Waals surface area (Å²) in [5.74, 6) is -0.0780. The van der Waals surface area contributed by atoms with E-state index in [1.54, 1.807) is 18.2 Å². The van der Waals surface area contributed by atoms with E-state index >= 15 is 0 Å². The molecule has 7 nitrogen and oxygen atoms in total. The fourth-order valence-corrected chi connectivity index (χ4v) is 2.46. The minimum Gasteiger partial charge on any atom is -0.493 e. The first-order valence-electron chi connectivity index (χ1n) is 7.53. The van der Waals surface area contributed by atoms with Crippen LogP contribution in [-0.4, -0.2) is 44.3 Å². The summed E-state index contributed by atoms with van der Waals surface area (Å²) >= 11 is 0. The van der Waals surface area contributed by atoms with Crippen LogP contribution in [0.1, 0.15) is 30.1 Å². The zero-order valence-corrected chi connectivity index (χ0v) is 13.3. The van der Waals surface area contributed by atoms with Crippen molar-refractivity contribution in [3.05, 3.63) is 23.8 Å². The summed E-state index contributed by atoms with van der Waals surface area (Å²) in [7, 11) is 1.46. The van der Waals surface area contributed by atoms with E-state index in [2.05, 4.69) is 5.32 Å². The number of benzene rings is 1. The number of nitrogens with one attached hydrogen (secondary N) is 1. The van der Waals surface area contributed by atoms with E-state index in [-0.39, 0.29) is 24.7 Å². The van der Waals surface area contributed by atoms with Gasteiger partial charge in [-0.2, -0.15) is 0 Å². The summed E-state index contributed by atoms with van der Waals surface area (Å²) in [4.78, 5) is 23.1. The van der Waals surface area contributed by atoms with E-state index in [1.165, 1.54) is 7.11 Å². The third-order valence-corrected chi connectivity index (χ3v) is 3.68. The molecule has 7 heteroatoms. The summed E-state index contributed by atoms with van der Waals surface area (Å²) < 4.78 is 16.0. The summed E-state index contributed by atoms with van der Waals surface area (Å²) in [5.41, 5.74) is 5.49. The number of rotatable bonds is 7. The highest BCUT2D eigenvalue weighted by molar-refractivity contribution is 5.95. The molecule has 2 atom stereocenters. The summed E-state index contributed by atoms with van der Waals surface area (Å²) in [6.45, 7) is 2.41. The lowest BCUT2D eigenvalue weighted by molar-refractivity contribution is -0.119. The number of hydrogen-bond donors (Lipinski definition) is 2. The zero-order valence-electron chi connectivity index (χ0n) is 13.3. The van der Waals surface area contributed by atoms with Crippen molar-refractivity contribution in [2.75, 3.05) is 20.3 Å². The molecule has 2 amide bonds. The summed E-state index contributed by atoms with van der Waals surface area (Å²) in [6.07, 6.45) is 2.02. The molecule has 1 aliphatic heterocycles. The molecule has 0 radical (unpaired) electrons. The van der Waals surface area contributed by atoms with Crippen LogP contribution in [-0.2, 0) is 9.53 Å². The van der Waals surface area contributed by atoms with Gasteiger partial charge in [0.1, 0.15) is 0 Å². The average molecular weight is 322 g/mol. The number of methoxy groups -OCH3 is 1. The molecule has 0 spiro atoms. The van der Waals surface area contributed by atoms with Crippen molar-refractivity contribution >= 4 is 11.8 Å². The van der Waals surface area contributed by atoms with E-state index in [0.29, 0.717) is 17.1 Å². The van der Waals surface area contributed by atoms with Crippen LogP contribution in [0.3, 0.4) is 0 Å². The molecule has 23 heavy (non-hydrogen) atoms. The first-order valence-corrected chi connectivity index (χ1v) is 7.53. The highest BCUT2D eigenvalue weighted by atomic mass is 16.5. The first-order chi connectivity index (χ1) is 11.0. The molecular formula is C16H22N2O5. The van der Waals surface area contributed by atoms with Gasteiger partial charge in [-0.15, -0.1) is 0 Å². The van der Waals surface area contributed by atoms with Gasteiger partial charge in [0.25, 0.3) is 11.8 Å². The second-order valence-electron chi connectivity index (χ2n) is 5.43. The normalized spacial score (nSPS) is 18.3. The monoisotopic (exact) mass is 322 g/mol. The number of carbonyl (C=O) groups is 2. The Balaban J connectivity index is 2.03. The van der Waals surface area contributed by atoms with Crippen molar-refractivity contribution in [2.24, 2.45) is 5.73 Å². The van der Waals surface area contributed by atoms with Gasteiger partial charge in [-0.3, -0.25) is 9.59 Å². The molecule has 0 aliphatic carbocycles. The van der Waals surface area contributed by atoms with E-state index < -0.39 is 5.91 Å². The summed E-state index contributed by atoms with van der Waals surface area (Å²) in [6, 6.07) is 4.68. The predicted molar refractivity (Wildman–Crippen MR) is 83.6 cm³/mol. The predicted octanol–water partition coefficient (Wildman–Crippen LogP) is 0.857.